The zero-order chi connectivity index (χ0) is 5.28. The maximum atomic E-state index is 9.89. The Morgan fingerprint density at radius 2 is 2.71 bits per heavy atom. The SMILES string of the molecule is [O-][n+]1cc(Cl)no1. The summed E-state index contributed by atoms with van der Waals surface area (Å²) in [6, 6.07) is 0. The van der Waals surface area contributed by atoms with Gasteiger partial charge in [-0.15, -0.1) is 0 Å². The minimum atomic E-state index is 0.0648. The van der Waals surface area contributed by atoms with Crippen LogP contribution in [0.15, 0.2) is 10.8 Å². The Hall–Kier alpha value is -0.770. The first kappa shape index (κ1) is 4.39. The highest BCUT2D eigenvalue weighted by Gasteiger charge is 1.96. The Morgan fingerprint density at radius 1 is 2.00 bits per heavy atom. The van der Waals surface area contributed by atoms with Gasteiger partial charge in [0.25, 0.3) is 0 Å². The highest BCUT2D eigenvalue weighted by molar-refractivity contribution is 6.29. The van der Waals surface area contributed by atoms with E-state index in [1.54, 1.807) is 0 Å². The van der Waals surface area contributed by atoms with Crippen molar-refractivity contribution >= 4 is 11.6 Å². The van der Waals surface area contributed by atoms with E-state index < -0.39 is 0 Å². The fourth-order valence-corrected chi connectivity index (χ4v) is 0.324. The predicted octanol–water partition coefficient (Wildman–Crippen LogP) is -0.0386. The summed E-state index contributed by atoms with van der Waals surface area (Å²) in [5, 5.41) is 13.0. The van der Waals surface area contributed by atoms with E-state index in [1.807, 2.05) is 0 Å². The Balaban J connectivity index is 3.04. The zero-order valence-corrected chi connectivity index (χ0v) is 3.92. The van der Waals surface area contributed by atoms with Crippen LogP contribution in [0.5, 0.6) is 0 Å². The summed E-state index contributed by atoms with van der Waals surface area (Å²) in [6.07, 6.45) is 1.02. The molecule has 1 rings (SSSR count). The number of nitrogens with zero attached hydrogens (tertiary/aromatic N) is 2. The summed E-state index contributed by atoms with van der Waals surface area (Å²) < 4.78 is 3.94. The number of hydrogen-bond acceptors (Lipinski definition) is 3. The Bertz CT molecular complexity index is 146. The largest absolute Gasteiger partial charge is 0.360 e. The highest BCUT2D eigenvalue weighted by Crippen LogP contribution is 1.94. The molecular formula is C2HClN2O2. The van der Waals surface area contributed by atoms with E-state index >= 15 is 0 Å². The lowest BCUT2D eigenvalue weighted by molar-refractivity contribution is -0.802. The smallest absolute Gasteiger partial charge is 0.307 e. The van der Waals surface area contributed by atoms with Gasteiger partial charge in [-0.1, -0.05) is 0 Å². The first-order valence-electron chi connectivity index (χ1n) is 1.51. The molecule has 1 heterocycles. The molecule has 4 nitrogen and oxygen atoms in total. The first-order chi connectivity index (χ1) is 3.29. The summed E-state index contributed by atoms with van der Waals surface area (Å²) >= 11 is 5.13. The third-order valence-electron chi connectivity index (χ3n) is 0.420. The monoisotopic (exact) mass is 120 g/mol. The molecular weight excluding hydrogens is 119 g/mol. The van der Waals surface area contributed by atoms with Crippen LogP contribution in [0.2, 0.25) is 5.15 Å². The third-order valence-corrected chi connectivity index (χ3v) is 0.587. The van der Waals surface area contributed by atoms with E-state index in [-0.39, 0.29) is 10.1 Å². The molecule has 0 bridgehead atoms. The van der Waals surface area contributed by atoms with E-state index in [4.69, 9.17) is 11.6 Å². The van der Waals surface area contributed by atoms with Crippen molar-refractivity contribution in [3.8, 4) is 0 Å². The van der Waals surface area contributed by atoms with Crippen molar-refractivity contribution in [1.82, 2.24) is 5.16 Å². The molecule has 0 N–H and O–H groups in total. The second-order valence-corrected chi connectivity index (χ2v) is 1.30. The maximum absolute atomic E-state index is 9.89. The van der Waals surface area contributed by atoms with Crippen LogP contribution < -0.4 is 4.90 Å². The lowest BCUT2D eigenvalue weighted by Crippen LogP contribution is -2.20. The van der Waals surface area contributed by atoms with Crippen molar-refractivity contribution in [2.45, 2.75) is 0 Å². The Kier molecular flexibility index (Phi) is 0.867. The molecule has 0 aromatic carbocycles. The van der Waals surface area contributed by atoms with Crippen molar-refractivity contribution in [1.29, 1.82) is 0 Å². The van der Waals surface area contributed by atoms with Gasteiger partial charge in [-0.25, -0.2) is 0 Å². The zero-order valence-electron chi connectivity index (χ0n) is 3.17. The van der Waals surface area contributed by atoms with Gasteiger partial charge in [0.05, 0.1) is 5.16 Å². The normalized spacial score (nSPS) is 9.29. The average Bonchev–Trinajstić information content (AvgIpc) is 1.87. The summed E-state index contributed by atoms with van der Waals surface area (Å²) in [6.45, 7) is 0. The van der Waals surface area contributed by atoms with Gasteiger partial charge in [0, 0.05) is 0 Å². The molecule has 38 valence electrons. The molecule has 0 saturated heterocycles. The minimum Gasteiger partial charge on any atom is -0.360 e. The van der Waals surface area contributed by atoms with Crippen molar-refractivity contribution in [2.75, 3.05) is 0 Å². The van der Waals surface area contributed by atoms with Crippen LogP contribution in [0.3, 0.4) is 0 Å². The maximum Gasteiger partial charge on any atom is 0.307 e. The third kappa shape index (κ3) is 0.806. The van der Waals surface area contributed by atoms with Crippen molar-refractivity contribution in [2.24, 2.45) is 0 Å². The molecule has 0 amide bonds. The van der Waals surface area contributed by atoms with Gasteiger partial charge in [-0.2, -0.15) is 0 Å². The van der Waals surface area contributed by atoms with Gasteiger partial charge in [-0.05, 0) is 16.5 Å². The molecule has 0 atom stereocenters. The standard InChI is InChI=1S/C2HClN2O2/c3-2-1-5(6)7-4-2/h1H. The first-order valence-corrected chi connectivity index (χ1v) is 1.89. The topological polar surface area (TPSA) is 53.0 Å². The fourth-order valence-electron chi connectivity index (χ4n) is 0.213. The van der Waals surface area contributed by atoms with E-state index in [0.29, 0.717) is 0 Å². The molecule has 1 aromatic heterocycles. The molecule has 0 aliphatic rings. The minimum absolute atomic E-state index is 0.0648. The van der Waals surface area contributed by atoms with Crippen molar-refractivity contribution < 1.29 is 9.53 Å². The van der Waals surface area contributed by atoms with Gasteiger partial charge in [0.15, 0.2) is 0 Å². The predicted molar refractivity (Wildman–Crippen MR) is 20.5 cm³/mol. The molecule has 0 aliphatic heterocycles. The lowest BCUT2D eigenvalue weighted by atomic mass is 10.9. The Morgan fingerprint density at radius 3 is 2.86 bits per heavy atom. The molecule has 0 fully saturated rings. The van der Waals surface area contributed by atoms with Crippen LogP contribution >= 0.6 is 11.6 Å². The van der Waals surface area contributed by atoms with Gasteiger partial charge in [0.2, 0.25) is 6.20 Å². The van der Waals surface area contributed by atoms with Gasteiger partial charge >= 0.3 is 5.15 Å². The van der Waals surface area contributed by atoms with Crippen LogP contribution in [-0.2, 0) is 0 Å². The van der Waals surface area contributed by atoms with Crippen LogP contribution in [0.1, 0.15) is 0 Å². The lowest BCUT2D eigenvalue weighted by Gasteiger charge is -1.73. The Labute approximate surface area is 43.8 Å². The molecule has 5 heteroatoms. The van der Waals surface area contributed by atoms with Crippen LogP contribution in [0, 0.1) is 5.21 Å². The molecule has 0 unspecified atom stereocenters. The average molecular weight is 120 g/mol. The second kappa shape index (κ2) is 1.38. The van der Waals surface area contributed by atoms with E-state index in [2.05, 4.69) is 9.79 Å². The second-order valence-electron chi connectivity index (χ2n) is 0.910. The molecule has 7 heavy (non-hydrogen) atoms. The van der Waals surface area contributed by atoms with Crippen LogP contribution in [0.25, 0.3) is 0 Å². The number of aromatic nitrogens is 2. The van der Waals surface area contributed by atoms with E-state index in [1.165, 1.54) is 0 Å². The summed E-state index contributed by atoms with van der Waals surface area (Å²) in [5.74, 6) is 0. The summed E-state index contributed by atoms with van der Waals surface area (Å²) in [4.78, 5) is 0.169. The van der Waals surface area contributed by atoms with E-state index in [0.717, 1.165) is 6.20 Å². The number of hydrogen-bond donors (Lipinski definition) is 0. The highest BCUT2D eigenvalue weighted by atomic mass is 35.5. The quantitative estimate of drug-likeness (QED) is 0.452. The van der Waals surface area contributed by atoms with Crippen molar-refractivity contribution in [3.63, 3.8) is 0 Å². The van der Waals surface area contributed by atoms with Crippen molar-refractivity contribution in [3.05, 3.63) is 16.6 Å². The summed E-state index contributed by atoms with van der Waals surface area (Å²) in [5.41, 5.74) is 0. The van der Waals surface area contributed by atoms with Gasteiger partial charge in [0.1, 0.15) is 0 Å². The molecule has 0 aliphatic carbocycles. The van der Waals surface area contributed by atoms with Gasteiger partial charge < -0.3 is 5.21 Å². The van der Waals surface area contributed by atoms with E-state index in [9.17, 15) is 5.21 Å². The fraction of sp³-hybridized carbons (Fsp3) is 0. The number of rotatable bonds is 0. The van der Waals surface area contributed by atoms with Crippen LogP contribution in [-0.4, -0.2) is 5.16 Å². The van der Waals surface area contributed by atoms with Crippen LogP contribution in [0.4, 0.5) is 0 Å². The molecule has 0 spiro atoms. The molecule has 0 radical (unpaired) electrons. The molecule has 0 saturated carbocycles. The summed E-state index contributed by atoms with van der Waals surface area (Å²) in [7, 11) is 0. The van der Waals surface area contributed by atoms with Gasteiger partial charge in [-0.3, -0.25) is 4.63 Å². The molecule has 1 aromatic rings. The number of halogens is 1.